The monoisotopic (exact) mass is 314 g/mol. The molecule has 5 heteroatoms. The van der Waals surface area contributed by atoms with Gasteiger partial charge in [-0.2, -0.15) is 0 Å². The molecule has 1 saturated carbocycles. The molecule has 1 unspecified atom stereocenters. The summed E-state index contributed by atoms with van der Waals surface area (Å²) in [5.74, 6) is 1.26. The van der Waals surface area contributed by atoms with Gasteiger partial charge in [0.2, 0.25) is 5.91 Å². The van der Waals surface area contributed by atoms with Crippen LogP contribution in [0.25, 0.3) is 0 Å². The first-order chi connectivity index (χ1) is 10.2. The van der Waals surface area contributed by atoms with E-state index in [2.05, 4.69) is 9.80 Å². The highest BCUT2D eigenvalue weighted by atomic mass is 35.5. The largest absolute Gasteiger partial charge is 0.379 e. The molecule has 1 atom stereocenters. The summed E-state index contributed by atoms with van der Waals surface area (Å²) in [6, 6.07) is 0. The molecular weight excluding hydrogens is 288 g/mol. The Bertz CT molecular complexity index is 365. The Morgan fingerprint density at radius 1 is 1.19 bits per heavy atom. The fraction of sp³-hybridized carbons (Fsp3) is 0.938. The smallest absolute Gasteiger partial charge is 0.223 e. The first-order valence-electron chi connectivity index (χ1n) is 8.40. The Labute approximate surface area is 132 Å². The fourth-order valence-corrected chi connectivity index (χ4v) is 4.49. The second-order valence-electron chi connectivity index (χ2n) is 6.88. The molecule has 0 bridgehead atoms. The summed E-state index contributed by atoms with van der Waals surface area (Å²) in [5.41, 5.74) is 0.193. The molecule has 0 spiro atoms. The number of hydrogen-bond donors (Lipinski definition) is 0. The van der Waals surface area contributed by atoms with E-state index in [1.54, 1.807) is 0 Å². The van der Waals surface area contributed by atoms with E-state index in [1.807, 2.05) is 0 Å². The van der Waals surface area contributed by atoms with Crippen LogP contribution in [-0.4, -0.2) is 66.5 Å². The molecule has 0 radical (unpaired) electrons. The molecule has 2 aliphatic heterocycles. The predicted molar refractivity (Wildman–Crippen MR) is 83.6 cm³/mol. The standard InChI is InChI=1S/C16H27ClN2O2/c17-11-14-10-15(20)18(12-14)13-16(4-2-1-3-5-16)19-6-8-21-9-7-19/h14H,1-13H2. The van der Waals surface area contributed by atoms with Gasteiger partial charge in [-0.1, -0.05) is 19.3 Å². The van der Waals surface area contributed by atoms with Crippen molar-refractivity contribution in [1.29, 1.82) is 0 Å². The normalized spacial score (nSPS) is 30.8. The van der Waals surface area contributed by atoms with Gasteiger partial charge in [0.1, 0.15) is 0 Å². The average molecular weight is 315 g/mol. The molecule has 1 aliphatic carbocycles. The lowest BCUT2D eigenvalue weighted by atomic mass is 9.79. The number of halogens is 1. The number of rotatable bonds is 4. The molecule has 1 amide bonds. The number of hydrogen-bond acceptors (Lipinski definition) is 3. The minimum absolute atomic E-state index is 0.193. The van der Waals surface area contributed by atoms with Crippen molar-refractivity contribution in [3.63, 3.8) is 0 Å². The Kier molecular flexibility index (Phi) is 5.07. The van der Waals surface area contributed by atoms with Crippen molar-refractivity contribution in [2.24, 2.45) is 5.92 Å². The van der Waals surface area contributed by atoms with Crippen LogP contribution in [0.5, 0.6) is 0 Å². The summed E-state index contributed by atoms with van der Waals surface area (Å²) in [6.45, 7) is 5.45. The van der Waals surface area contributed by atoms with Crippen LogP contribution in [-0.2, 0) is 9.53 Å². The molecule has 3 fully saturated rings. The SMILES string of the molecule is O=C1CC(CCl)CN1CC1(N2CCOCC2)CCCCC1. The number of likely N-dealkylation sites (tertiary alicyclic amines) is 1. The van der Waals surface area contributed by atoms with Crippen LogP contribution < -0.4 is 0 Å². The highest BCUT2D eigenvalue weighted by molar-refractivity contribution is 6.18. The average Bonchev–Trinajstić information content (AvgIpc) is 2.89. The Balaban J connectivity index is 1.71. The van der Waals surface area contributed by atoms with Crippen molar-refractivity contribution in [2.75, 3.05) is 45.3 Å². The van der Waals surface area contributed by atoms with Gasteiger partial charge in [-0.25, -0.2) is 0 Å². The van der Waals surface area contributed by atoms with E-state index in [1.165, 1.54) is 32.1 Å². The molecule has 0 aromatic rings. The number of ether oxygens (including phenoxy) is 1. The molecule has 3 rings (SSSR count). The summed E-state index contributed by atoms with van der Waals surface area (Å²) in [7, 11) is 0. The van der Waals surface area contributed by atoms with Gasteiger partial charge in [0.15, 0.2) is 0 Å². The van der Waals surface area contributed by atoms with Gasteiger partial charge in [-0.15, -0.1) is 11.6 Å². The van der Waals surface area contributed by atoms with Crippen molar-refractivity contribution in [3.8, 4) is 0 Å². The van der Waals surface area contributed by atoms with E-state index in [0.717, 1.165) is 39.4 Å². The van der Waals surface area contributed by atoms with E-state index in [4.69, 9.17) is 16.3 Å². The number of alkyl halides is 1. The van der Waals surface area contributed by atoms with Crippen LogP contribution in [0.4, 0.5) is 0 Å². The van der Waals surface area contributed by atoms with Crippen LogP contribution >= 0.6 is 11.6 Å². The summed E-state index contributed by atoms with van der Waals surface area (Å²) in [4.78, 5) is 17.0. The Morgan fingerprint density at radius 3 is 2.52 bits per heavy atom. The highest BCUT2D eigenvalue weighted by Crippen LogP contribution is 2.36. The third-order valence-electron chi connectivity index (χ3n) is 5.46. The third-order valence-corrected chi connectivity index (χ3v) is 5.90. The number of morpholine rings is 1. The van der Waals surface area contributed by atoms with E-state index in [-0.39, 0.29) is 5.54 Å². The fourth-order valence-electron chi connectivity index (χ4n) is 4.29. The van der Waals surface area contributed by atoms with Gasteiger partial charge in [0, 0.05) is 44.0 Å². The van der Waals surface area contributed by atoms with Gasteiger partial charge in [0.05, 0.1) is 13.2 Å². The number of carbonyl (C=O) groups is 1. The zero-order valence-corrected chi connectivity index (χ0v) is 13.6. The van der Waals surface area contributed by atoms with Crippen molar-refractivity contribution in [3.05, 3.63) is 0 Å². The van der Waals surface area contributed by atoms with E-state index in [0.29, 0.717) is 24.1 Å². The molecule has 2 heterocycles. The predicted octanol–water partition coefficient (Wildman–Crippen LogP) is 2.11. The first kappa shape index (κ1) is 15.6. The van der Waals surface area contributed by atoms with Crippen molar-refractivity contribution in [2.45, 2.75) is 44.1 Å². The van der Waals surface area contributed by atoms with Gasteiger partial charge in [0.25, 0.3) is 0 Å². The third kappa shape index (κ3) is 3.38. The summed E-state index contributed by atoms with van der Waals surface area (Å²) >= 11 is 5.96. The molecule has 120 valence electrons. The van der Waals surface area contributed by atoms with Gasteiger partial charge >= 0.3 is 0 Å². The first-order valence-corrected chi connectivity index (χ1v) is 8.93. The van der Waals surface area contributed by atoms with Crippen LogP contribution in [0.15, 0.2) is 0 Å². The van der Waals surface area contributed by atoms with Crippen LogP contribution in [0, 0.1) is 5.92 Å². The van der Waals surface area contributed by atoms with Crippen molar-refractivity contribution < 1.29 is 9.53 Å². The maximum Gasteiger partial charge on any atom is 0.223 e. The maximum absolute atomic E-state index is 12.3. The number of amides is 1. The van der Waals surface area contributed by atoms with E-state index < -0.39 is 0 Å². The second kappa shape index (κ2) is 6.84. The molecular formula is C16H27ClN2O2. The summed E-state index contributed by atoms with van der Waals surface area (Å²) in [6.07, 6.45) is 7.01. The molecule has 0 aromatic carbocycles. The van der Waals surface area contributed by atoms with Crippen molar-refractivity contribution >= 4 is 17.5 Å². The van der Waals surface area contributed by atoms with E-state index >= 15 is 0 Å². The van der Waals surface area contributed by atoms with Gasteiger partial charge < -0.3 is 9.64 Å². The van der Waals surface area contributed by atoms with Crippen LogP contribution in [0.3, 0.4) is 0 Å². The zero-order valence-electron chi connectivity index (χ0n) is 12.9. The Hall–Kier alpha value is -0.320. The lowest BCUT2D eigenvalue weighted by Gasteiger charge is -2.49. The van der Waals surface area contributed by atoms with E-state index in [9.17, 15) is 4.79 Å². The quantitative estimate of drug-likeness (QED) is 0.745. The summed E-state index contributed by atoms with van der Waals surface area (Å²) < 4.78 is 5.52. The topological polar surface area (TPSA) is 32.8 Å². The summed E-state index contributed by atoms with van der Waals surface area (Å²) in [5, 5.41) is 0. The lowest BCUT2D eigenvalue weighted by molar-refractivity contribution is -0.131. The van der Waals surface area contributed by atoms with Gasteiger partial charge in [-0.05, 0) is 18.8 Å². The molecule has 0 N–H and O–H groups in total. The molecule has 2 saturated heterocycles. The lowest BCUT2D eigenvalue weighted by Crippen LogP contribution is -2.59. The minimum atomic E-state index is 0.193. The number of carbonyl (C=O) groups excluding carboxylic acids is 1. The zero-order chi connectivity index (χ0) is 14.7. The highest BCUT2D eigenvalue weighted by Gasteiger charge is 2.42. The molecule has 4 nitrogen and oxygen atoms in total. The Morgan fingerprint density at radius 2 is 1.90 bits per heavy atom. The van der Waals surface area contributed by atoms with Crippen molar-refractivity contribution in [1.82, 2.24) is 9.80 Å². The minimum Gasteiger partial charge on any atom is -0.379 e. The molecule has 21 heavy (non-hydrogen) atoms. The number of nitrogens with zero attached hydrogens (tertiary/aromatic N) is 2. The van der Waals surface area contributed by atoms with Crippen LogP contribution in [0.2, 0.25) is 0 Å². The molecule has 0 aromatic heterocycles. The molecule has 3 aliphatic rings. The van der Waals surface area contributed by atoms with Gasteiger partial charge in [-0.3, -0.25) is 9.69 Å². The maximum atomic E-state index is 12.3. The van der Waals surface area contributed by atoms with Crippen LogP contribution in [0.1, 0.15) is 38.5 Å². The second-order valence-corrected chi connectivity index (χ2v) is 7.19.